The number of methoxy groups -OCH3 is 1. The zero-order valence-corrected chi connectivity index (χ0v) is 21.3. The van der Waals surface area contributed by atoms with Crippen LogP contribution in [0.3, 0.4) is 0 Å². The normalized spacial score (nSPS) is 13.3. The highest BCUT2D eigenvalue weighted by Gasteiger charge is 2.45. The van der Waals surface area contributed by atoms with Crippen molar-refractivity contribution in [1.29, 1.82) is 0 Å². The molecule has 0 radical (unpaired) electrons. The third-order valence-electron chi connectivity index (χ3n) is 6.36. The number of carbonyl (C=O) groups is 2. The first-order valence-corrected chi connectivity index (χ1v) is 12.2. The lowest BCUT2D eigenvalue weighted by atomic mass is 9.76. The predicted molar refractivity (Wildman–Crippen MR) is 146 cm³/mol. The molecule has 0 aliphatic heterocycles. The SMILES string of the molecule is COc1ccc(C(C)NC(=O)[C@@](N)(CCCN=C(N)N)C(=O)C(c2ccccc2)c2ccccc2)cc1. The molecule has 3 aromatic carbocycles. The third kappa shape index (κ3) is 6.95. The molecule has 8 nitrogen and oxygen atoms in total. The fourth-order valence-electron chi connectivity index (χ4n) is 4.26. The summed E-state index contributed by atoms with van der Waals surface area (Å²) in [5.74, 6) is -1.02. The minimum absolute atomic E-state index is 0.0574. The number of ketones is 1. The average molecular weight is 502 g/mol. The number of hydrogen-bond acceptors (Lipinski definition) is 5. The lowest BCUT2D eigenvalue weighted by Crippen LogP contribution is -2.61. The van der Waals surface area contributed by atoms with Crippen molar-refractivity contribution in [1.82, 2.24) is 5.32 Å². The molecule has 2 atom stereocenters. The van der Waals surface area contributed by atoms with Crippen LogP contribution in [-0.2, 0) is 9.59 Å². The van der Waals surface area contributed by atoms with Crippen molar-refractivity contribution < 1.29 is 14.3 Å². The fraction of sp³-hybridized carbons (Fsp3) is 0.276. The summed E-state index contributed by atoms with van der Waals surface area (Å²) >= 11 is 0. The summed E-state index contributed by atoms with van der Waals surface area (Å²) in [6.45, 7) is 2.09. The number of rotatable bonds is 12. The first-order chi connectivity index (χ1) is 17.8. The van der Waals surface area contributed by atoms with E-state index >= 15 is 0 Å². The molecule has 1 amide bonds. The molecule has 0 aliphatic carbocycles. The van der Waals surface area contributed by atoms with Gasteiger partial charge in [0.15, 0.2) is 17.3 Å². The number of nitrogens with one attached hydrogen (secondary N) is 1. The second-order valence-electron chi connectivity index (χ2n) is 8.97. The Kier molecular flexibility index (Phi) is 9.40. The summed E-state index contributed by atoms with van der Waals surface area (Å²) in [5, 5.41) is 2.95. The Balaban J connectivity index is 1.96. The summed E-state index contributed by atoms with van der Waals surface area (Å²) in [6.07, 6.45) is 0.417. The highest BCUT2D eigenvalue weighted by Crippen LogP contribution is 2.31. The molecule has 0 heterocycles. The average Bonchev–Trinajstić information content (AvgIpc) is 2.92. The Morgan fingerprint density at radius 1 is 0.892 bits per heavy atom. The minimum Gasteiger partial charge on any atom is -0.497 e. The van der Waals surface area contributed by atoms with Gasteiger partial charge in [-0.3, -0.25) is 14.6 Å². The number of benzene rings is 3. The van der Waals surface area contributed by atoms with Crippen molar-refractivity contribution in [3.05, 3.63) is 102 Å². The highest BCUT2D eigenvalue weighted by molar-refractivity contribution is 6.14. The quantitative estimate of drug-likeness (QED) is 0.130. The second-order valence-corrected chi connectivity index (χ2v) is 8.97. The molecule has 0 aliphatic rings. The molecule has 0 saturated heterocycles. The van der Waals surface area contributed by atoms with Gasteiger partial charge in [0, 0.05) is 6.54 Å². The standard InChI is InChI=1S/C29H35N5O3/c1-20(21-14-16-24(37-2)17-15-21)34-27(36)29(32,18-9-19-33-28(30)31)26(35)25(22-10-5-3-6-11-22)23-12-7-4-8-13-23/h3-8,10-17,20,25H,9,18-19,32H2,1-2H3,(H,34,36)(H4,30,31,33)/t20?,29-/m1/s1. The van der Waals surface area contributed by atoms with Crippen molar-refractivity contribution >= 4 is 17.6 Å². The Bertz CT molecular complexity index is 1160. The van der Waals surface area contributed by atoms with Gasteiger partial charge in [0.05, 0.1) is 19.1 Å². The van der Waals surface area contributed by atoms with Crippen LogP contribution >= 0.6 is 0 Å². The molecule has 194 valence electrons. The summed E-state index contributed by atoms with van der Waals surface area (Å²) in [4.78, 5) is 32.0. The number of ether oxygens (including phenoxy) is 1. The van der Waals surface area contributed by atoms with Gasteiger partial charge in [0.25, 0.3) is 0 Å². The van der Waals surface area contributed by atoms with Crippen LogP contribution in [0.4, 0.5) is 0 Å². The number of nitrogens with zero attached hydrogens (tertiary/aromatic N) is 1. The molecule has 3 rings (SSSR count). The highest BCUT2D eigenvalue weighted by atomic mass is 16.5. The van der Waals surface area contributed by atoms with Gasteiger partial charge < -0.3 is 27.3 Å². The molecule has 1 unspecified atom stereocenters. The van der Waals surface area contributed by atoms with Crippen LogP contribution in [-0.4, -0.2) is 36.8 Å². The van der Waals surface area contributed by atoms with Gasteiger partial charge in [0.2, 0.25) is 5.91 Å². The third-order valence-corrected chi connectivity index (χ3v) is 6.36. The van der Waals surface area contributed by atoms with Gasteiger partial charge in [-0.25, -0.2) is 0 Å². The number of amides is 1. The van der Waals surface area contributed by atoms with E-state index in [-0.39, 0.29) is 18.9 Å². The lowest BCUT2D eigenvalue weighted by molar-refractivity contribution is -0.137. The molecule has 0 spiro atoms. The number of carbonyl (C=O) groups excluding carboxylic acids is 2. The van der Waals surface area contributed by atoms with E-state index < -0.39 is 29.2 Å². The molecule has 0 fully saturated rings. The molecular formula is C29H35N5O3. The van der Waals surface area contributed by atoms with E-state index in [1.807, 2.05) is 91.9 Å². The Morgan fingerprint density at radius 2 is 1.43 bits per heavy atom. The number of hydrogen-bond donors (Lipinski definition) is 4. The summed E-state index contributed by atoms with van der Waals surface area (Å²) in [7, 11) is 1.59. The van der Waals surface area contributed by atoms with Gasteiger partial charge >= 0.3 is 0 Å². The lowest BCUT2D eigenvalue weighted by Gasteiger charge is -2.32. The monoisotopic (exact) mass is 501 g/mol. The smallest absolute Gasteiger partial charge is 0.248 e. The van der Waals surface area contributed by atoms with Gasteiger partial charge in [-0.2, -0.15) is 0 Å². The van der Waals surface area contributed by atoms with Gasteiger partial charge in [-0.1, -0.05) is 72.8 Å². The summed E-state index contributed by atoms with van der Waals surface area (Å²) in [6, 6.07) is 25.6. The van der Waals surface area contributed by atoms with E-state index in [0.717, 1.165) is 16.7 Å². The number of Topliss-reactive ketones (excluding diaryl/α,β-unsaturated/α-hetero) is 1. The molecule has 37 heavy (non-hydrogen) atoms. The second kappa shape index (κ2) is 12.7. The zero-order chi connectivity index (χ0) is 26.8. The van der Waals surface area contributed by atoms with E-state index in [1.165, 1.54) is 0 Å². The van der Waals surface area contributed by atoms with E-state index in [0.29, 0.717) is 12.2 Å². The maximum Gasteiger partial charge on any atom is 0.248 e. The van der Waals surface area contributed by atoms with E-state index in [1.54, 1.807) is 7.11 Å². The van der Waals surface area contributed by atoms with Crippen LogP contribution in [0.2, 0.25) is 0 Å². The summed E-state index contributed by atoms with van der Waals surface area (Å²) < 4.78 is 5.22. The van der Waals surface area contributed by atoms with Gasteiger partial charge in [-0.05, 0) is 48.6 Å². The van der Waals surface area contributed by atoms with E-state index in [2.05, 4.69) is 10.3 Å². The van der Waals surface area contributed by atoms with Crippen molar-refractivity contribution in [2.45, 2.75) is 37.3 Å². The maximum absolute atomic E-state index is 14.2. The van der Waals surface area contributed by atoms with Crippen LogP contribution in [0.5, 0.6) is 5.75 Å². The Morgan fingerprint density at radius 3 is 1.92 bits per heavy atom. The molecule has 0 bridgehead atoms. The van der Waals surface area contributed by atoms with Crippen LogP contribution in [0.25, 0.3) is 0 Å². The molecule has 8 heteroatoms. The zero-order valence-electron chi connectivity index (χ0n) is 21.3. The predicted octanol–water partition coefficient (Wildman–Crippen LogP) is 3.02. The Labute approximate surface area is 217 Å². The summed E-state index contributed by atoms with van der Waals surface area (Å²) in [5.41, 5.74) is 18.2. The van der Waals surface area contributed by atoms with Crippen LogP contribution < -0.4 is 27.3 Å². The van der Waals surface area contributed by atoms with Crippen LogP contribution in [0.15, 0.2) is 89.9 Å². The van der Waals surface area contributed by atoms with E-state index in [9.17, 15) is 9.59 Å². The van der Waals surface area contributed by atoms with Gasteiger partial charge in [-0.15, -0.1) is 0 Å². The number of guanidine groups is 1. The van der Waals surface area contributed by atoms with Crippen molar-refractivity contribution in [3.63, 3.8) is 0 Å². The Hall–Kier alpha value is -4.17. The van der Waals surface area contributed by atoms with Crippen LogP contribution in [0, 0.1) is 0 Å². The molecular weight excluding hydrogens is 466 g/mol. The van der Waals surface area contributed by atoms with Crippen molar-refractivity contribution in [3.8, 4) is 5.75 Å². The number of nitrogens with two attached hydrogens (primary N) is 3. The number of aliphatic imine (C=N–C) groups is 1. The fourth-order valence-corrected chi connectivity index (χ4v) is 4.26. The maximum atomic E-state index is 14.2. The first kappa shape index (κ1) is 27.4. The topological polar surface area (TPSA) is 146 Å². The first-order valence-electron chi connectivity index (χ1n) is 12.2. The molecule has 0 aromatic heterocycles. The minimum atomic E-state index is -1.82. The van der Waals surface area contributed by atoms with Crippen molar-refractivity contribution in [2.75, 3.05) is 13.7 Å². The molecule has 7 N–H and O–H groups in total. The molecule has 0 saturated carbocycles. The van der Waals surface area contributed by atoms with Gasteiger partial charge in [0.1, 0.15) is 5.75 Å². The van der Waals surface area contributed by atoms with Crippen molar-refractivity contribution in [2.24, 2.45) is 22.2 Å². The van der Waals surface area contributed by atoms with Crippen LogP contribution in [0.1, 0.15) is 48.4 Å². The largest absolute Gasteiger partial charge is 0.497 e. The molecule has 3 aromatic rings. The van der Waals surface area contributed by atoms with E-state index in [4.69, 9.17) is 21.9 Å².